The van der Waals surface area contributed by atoms with Gasteiger partial charge in [0.25, 0.3) is 0 Å². The molecular formula is C16H24ClN3O. The van der Waals surface area contributed by atoms with Crippen LogP contribution in [0.15, 0.2) is 18.2 Å². The number of nitrogens with zero attached hydrogens (tertiary/aromatic N) is 3. The minimum Gasteiger partial charge on any atom is -0.494 e. The van der Waals surface area contributed by atoms with E-state index < -0.39 is 0 Å². The third-order valence-corrected chi connectivity index (χ3v) is 3.78. The number of aryl methyl sites for hydroxylation is 1. The molecule has 4 nitrogen and oxygen atoms in total. The maximum absolute atomic E-state index is 6.31. The van der Waals surface area contributed by atoms with Gasteiger partial charge in [0, 0.05) is 6.54 Å². The second-order valence-electron chi connectivity index (χ2n) is 5.58. The molecule has 1 aromatic heterocycles. The van der Waals surface area contributed by atoms with E-state index in [4.69, 9.17) is 21.3 Å². The van der Waals surface area contributed by atoms with E-state index in [1.165, 1.54) is 0 Å². The Balaban J connectivity index is 2.29. The molecule has 1 unspecified atom stereocenters. The summed E-state index contributed by atoms with van der Waals surface area (Å²) in [4.78, 5) is 6.90. The Kier molecular flexibility index (Phi) is 5.48. The van der Waals surface area contributed by atoms with Crippen LogP contribution in [0.5, 0.6) is 5.75 Å². The van der Waals surface area contributed by atoms with Gasteiger partial charge in [-0.3, -0.25) is 0 Å². The van der Waals surface area contributed by atoms with Gasteiger partial charge < -0.3 is 14.2 Å². The molecule has 1 aromatic carbocycles. The van der Waals surface area contributed by atoms with Gasteiger partial charge in [0.05, 0.1) is 18.0 Å². The lowest BCUT2D eigenvalue weighted by atomic mass is 10.2. The fourth-order valence-electron chi connectivity index (χ4n) is 2.54. The fraction of sp³-hybridized carbons (Fsp3) is 0.562. The maximum atomic E-state index is 6.31. The highest BCUT2D eigenvalue weighted by atomic mass is 35.5. The Morgan fingerprint density at radius 1 is 1.33 bits per heavy atom. The molecule has 0 radical (unpaired) electrons. The molecule has 0 bridgehead atoms. The lowest BCUT2D eigenvalue weighted by Crippen LogP contribution is -2.14. The first-order valence-corrected chi connectivity index (χ1v) is 7.80. The summed E-state index contributed by atoms with van der Waals surface area (Å²) in [6.07, 6.45) is 2.27. The number of halogens is 1. The van der Waals surface area contributed by atoms with Crippen molar-refractivity contribution in [3.63, 3.8) is 0 Å². The van der Waals surface area contributed by atoms with Crippen LogP contribution in [0.2, 0.25) is 0 Å². The first kappa shape index (κ1) is 16.1. The number of hydrogen-bond donors (Lipinski definition) is 0. The maximum Gasteiger partial charge on any atom is 0.146 e. The summed E-state index contributed by atoms with van der Waals surface area (Å²) in [7, 11) is 5.88. The summed E-state index contributed by atoms with van der Waals surface area (Å²) in [5.41, 5.74) is 2.00. The predicted molar refractivity (Wildman–Crippen MR) is 88.3 cm³/mol. The molecule has 0 amide bonds. The van der Waals surface area contributed by atoms with E-state index in [2.05, 4.69) is 29.6 Å². The van der Waals surface area contributed by atoms with Crippen LogP contribution in [0, 0.1) is 0 Å². The van der Waals surface area contributed by atoms with E-state index in [9.17, 15) is 0 Å². The SMILES string of the molecule is COc1cccc2c1nc(C(C)Cl)n2CCCCN(C)C. The molecule has 0 aliphatic carbocycles. The van der Waals surface area contributed by atoms with Gasteiger partial charge in [-0.25, -0.2) is 4.98 Å². The topological polar surface area (TPSA) is 30.3 Å². The van der Waals surface area contributed by atoms with E-state index in [1.54, 1.807) is 7.11 Å². The number of benzene rings is 1. The molecule has 2 aromatic rings. The van der Waals surface area contributed by atoms with Gasteiger partial charge in [0.15, 0.2) is 0 Å². The first-order chi connectivity index (χ1) is 10.0. The first-order valence-electron chi connectivity index (χ1n) is 7.36. The van der Waals surface area contributed by atoms with Gasteiger partial charge in [0.1, 0.15) is 17.1 Å². The highest BCUT2D eigenvalue weighted by molar-refractivity contribution is 6.20. The summed E-state index contributed by atoms with van der Waals surface area (Å²) in [6.45, 7) is 4.00. The number of hydrogen-bond acceptors (Lipinski definition) is 3. The number of unbranched alkanes of at least 4 members (excludes halogenated alkanes) is 1. The lowest BCUT2D eigenvalue weighted by Gasteiger charge is -2.12. The van der Waals surface area contributed by atoms with Gasteiger partial charge in [-0.1, -0.05) is 6.07 Å². The molecule has 0 aliphatic heterocycles. The number of imidazole rings is 1. The van der Waals surface area contributed by atoms with E-state index in [0.29, 0.717) is 0 Å². The zero-order chi connectivity index (χ0) is 15.4. The monoisotopic (exact) mass is 309 g/mol. The third-order valence-electron chi connectivity index (χ3n) is 3.58. The third kappa shape index (κ3) is 3.69. The summed E-state index contributed by atoms with van der Waals surface area (Å²) < 4.78 is 7.63. The van der Waals surface area contributed by atoms with Gasteiger partial charge >= 0.3 is 0 Å². The average molecular weight is 310 g/mol. The Bertz CT molecular complexity index is 592. The van der Waals surface area contributed by atoms with Crippen LogP contribution in [-0.4, -0.2) is 42.2 Å². The van der Waals surface area contributed by atoms with Crippen LogP contribution in [-0.2, 0) is 6.54 Å². The molecule has 21 heavy (non-hydrogen) atoms. The second kappa shape index (κ2) is 7.14. The number of alkyl halides is 1. The minimum atomic E-state index is -0.115. The number of ether oxygens (including phenoxy) is 1. The number of methoxy groups -OCH3 is 1. The standard InChI is InChI=1S/C16H24ClN3O/c1-12(17)16-18-15-13(8-7-9-14(15)21-4)20(16)11-6-5-10-19(2)3/h7-9,12H,5-6,10-11H2,1-4H3. The van der Waals surface area contributed by atoms with Crippen molar-refractivity contribution in [2.24, 2.45) is 0 Å². The molecule has 2 rings (SSSR count). The Labute approximate surface area is 131 Å². The summed E-state index contributed by atoms with van der Waals surface area (Å²) in [5.74, 6) is 1.72. The van der Waals surface area contributed by atoms with Crippen LogP contribution in [0.1, 0.15) is 31.0 Å². The Morgan fingerprint density at radius 3 is 2.71 bits per heavy atom. The summed E-state index contributed by atoms with van der Waals surface area (Å²) in [5, 5.41) is -0.115. The zero-order valence-electron chi connectivity index (χ0n) is 13.3. The summed E-state index contributed by atoms with van der Waals surface area (Å²) >= 11 is 6.31. The van der Waals surface area contributed by atoms with Crippen molar-refractivity contribution in [2.45, 2.75) is 31.7 Å². The average Bonchev–Trinajstić information content (AvgIpc) is 2.82. The van der Waals surface area contributed by atoms with Crippen molar-refractivity contribution in [1.82, 2.24) is 14.5 Å². The highest BCUT2D eigenvalue weighted by Crippen LogP contribution is 2.30. The van der Waals surface area contributed by atoms with Crippen molar-refractivity contribution in [1.29, 1.82) is 0 Å². The van der Waals surface area contributed by atoms with Crippen molar-refractivity contribution < 1.29 is 4.74 Å². The predicted octanol–water partition coefficient (Wildman–Crippen LogP) is 3.69. The van der Waals surface area contributed by atoms with Crippen LogP contribution in [0.25, 0.3) is 11.0 Å². The number of para-hydroxylation sites is 1. The van der Waals surface area contributed by atoms with Crippen LogP contribution < -0.4 is 4.74 Å². The van der Waals surface area contributed by atoms with Gasteiger partial charge in [-0.05, 0) is 52.5 Å². The van der Waals surface area contributed by atoms with Gasteiger partial charge in [0.2, 0.25) is 0 Å². The molecule has 0 aliphatic rings. The minimum absolute atomic E-state index is 0.115. The second-order valence-corrected chi connectivity index (χ2v) is 6.23. The molecule has 0 spiro atoms. The molecule has 0 saturated heterocycles. The Hall–Kier alpha value is -1.26. The summed E-state index contributed by atoms with van der Waals surface area (Å²) in [6, 6.07) is 6.02. The Morgan fingerprint density at radius 2 is 2.10 bits per heavy atom. The lowest BCUT2D eigenvalue weighted by molar-refractivity contribution is 0.387. The number of fused-ring (bicyclic) bond motifs is 1. The fourth-order valence-corrected chi connectivity index (χ4v) is 2.71. The number of rotatable bonds is 7. The molecular weight excluding hydrogens is 286 g/mol. The van der Waals surface area contributed by atoms with Crippen LogP contribution in [0.3, 0.4) is 0 Å². The normalized spacial score (nSPS) is 13.0. The number of aromatic nitrogens is 2. The molecule has 116 valence electrons. The van der Waals surface area contributed by atoms with Crippen molar-refractivity contribution in [3.8, 4) is 5.75 Å². The van der Waals surface area contributed by atoms with Gasteiger partial charge in [-0.2, -0.15) is 0 Å². The van der Waals surface area contributed by atoms with Crippen molar-refractivity contribution >= 4 is 22.6 Å². The van der Waals surface area contributed by atoms with Crippen LogP contribution in [0.4, 0.5) is 0 Å². The van der Waals surface area contributed by atoms with E-state index in [-0.39, 0.29) is 5.38 Å². The molecule has 1 atom stereocenters. The molecule has 0 fully saturated rings. The van der Waals surface area contributed by atoms with Crippen LogP contribution >= 0.6 is 11.6 Å². The molecule has 5 heteroatoms. The smallest absolute Gasteiger partial charge is 0.146 e. The zero-order valence-corrected chi connectivity index (χ0v) is 14.0. The van der Waals surface area contributed by atoms with E-state index >= 15 is 0 Å². The molecule has 0 saturated carbocycles. The largest absolute Gasteiger partial charge is 0.494 e. The quantitative estimate of drug-likeness (QED) is 0.577. The van der Waals surface area contributed by atoms with Gasteiger partial charge in [-0.15, -0.1) is 11.6 Å². The highest BCUT2D eigenvalue weighted by Gasteiger charge is 2.17. The van der Waals surface area contributed by atoms with Crippen molar-refractivity contribution in [3.05, 3.63) is 24.0 Å². The molecule has 1 heterocycles. The van der Waals surface area contributed by atoms with E-state index in [1.807, 2.05) is 19.1 Å². The molecule has 0 N–H and O–H groups in total. The van der Waals surface area contributed by atoms with E-state index in [0.717, 1.165) is 48.5 Å². The van der Waals surface area contributed by atoms with Crippen molar-refractivity contribution in [2.75, 3.05) is 27.7 Å².